The molecule has 15 nitrogen and oxygen atoms in total. The lowest BCUT2D eigenvalue weighted by Gasteiger charge is -2.47. The van der Waals surface area contributed by atoms with Crippen molar-refractivity contribution < 1.29 is 65.5 Å². The molecule has 1 unspecified atom stereocenters. The van der Waals surface area contributed by atoms with Crippen LogP contribution in [-0.2, 0) is 57.5 Å². The molecule has 12 bridgehead atoms. The van der Waals surface area contributed by atoms with Crippen molar-refractivity contribution in [2.45, 2.75) is 194 Å². The highest BCUT2D eigenvalue weighted by molar-refractivity contribution is 7.85. The minimum atomic E-state index is -3.67. The third kappa shape index (κ3) is 9.00. The van der Waals surface area contributed by atoms with E-state index in [-0.39, 0.29) is 122 Å². The summed E-state index contributed by atoms with van der Waals surface area (Å²) in [7, 11) is -2.01. The van der Waals surface area contributed by atoms with Crippen molar-refractivity contribution in [1.29, 1.82) is 0 Å². The van der Waals surface area contributed by atoms with Gasteiger partial charge in [0.25, 0.3) is 10.1 Å². The van der Waals surface area contributed by atoms with Crippen molar-refractivity contribution in [2.75, 3.05) is 19.9 Å². The Bertz CT molecular complexity index is 1600. The molecule has 10 rings (SSSR count). The topological polar surface area (TPSA) is 201 Å². The van der Waals surface area contributed by atoms with E-state index in [4.69, 9.17) is 52.9 Å². The number of nitrogens with two attached hydrogens (primary N) is 1. The second kappa shape index (κ2) is 16.8. The highest BCUT2D eigenvalue weighted by atomic mass is 32.2. The molecule has 16 heteroatoms. The minimum absolute atomic E-state index is 0.0158. The zero-order valence-electron chi connectivity index (χ0n) is 33.5. The van der Waals surface area contributed by atoms with Gasteiger partial charge in [-0.2, -0.15) is 8.42 Å². The Morgan fingerprint density at radius 2 is 1.51 bits per heavy atom. The summed E-state index contributed by atoms with van der Waals surface area (Å²) in [4.78, 5) is 14.1. The average Bonchev–Trinajstić information content (AvgIpc) is 3.82. The summed E-state index contributed by atoms with van der Waals surface area (Å²) in [5.74, 6) is -0.619. The van der Waals surface area contributed by atoms with Gasteiger partial charge in [-0.1, -0.05) is 20.1 Å². The maximum absolute atomic E-state index is 14.1. The van der Waals surface area contributed by atoms with Crippen molar-refractivity contribution >= 4 is 15.9 Å². The fraction of sp³-hybridized carbons (Fsp3) is 0.878. The van der Waals surface area contributed by atoms with Gasteiger partial charge < -0.3 is 53.5 Å². The van der Waals surface area contributed by atoms with Crippen LogP contribution in [0.15, 0.2) is 24.3 Å². The molecule has 0 aromatic heterocycles. The molecule has 0 aromatic rings. The molecule has 4 N–H and O–H groups in total. The van der Waals surface area contributed by atoms with E-state index in [9.17, 15) is 18.3 Å². The van der Waals surface area contributed by atoms with E-state index in [0.717, 1.165) is 56.1 Å². The summed E-state index contributed by atoms with van der Waals surface area (Å²) >= 11 is 0. The van der Waals surface area contributed by atoms with E-state index >= 15 is 0 Å². The van der Waals surface area contributed by atoms with E-state index in [1.54, 1.807) is 7.11 Å². The van der Waals surface area contributed by atoms with Crippen LogP contribution in [-0.4, -0.2) is 147 Å². The zero-order chi connectivity index (χ0) is 40.4. The highest BCUT2D eigenvalue weighted by Gasteiger charge is 2.68. The average molecular weight is 826 g/mol. The summed E-state index contributed by atoms with van der Waals surface area (Å²) in [5.41, 5.74) is 8.01. The number of hydrogen-bond acceptors (Lipinski definition) is 14. The summed E-state index contributed by atoms with van der Waals surface area (Å²) in [5, 5.41) is 10.5. The monoisotopic (exact) mass is 825 g/mol. The van der Waals surface area contributed by atoms with Gasteiger partial charge in [0.15, 0.2) is 5.79 Å². The van der Waals surface area contributed by atoms with Gasteiger partial charge in [0.2, 0.25) is 0 Å². The number of rotatable bonds is 4. The van der Waals surface area contributed by atoms with E-state index in [2.05, 4.69) is 20.1 Å². The largest absolute Gasteiger partial charge is 0.392 e. The van der Waals surface area contributed by atoms with Crippen molar-refractivity contribution in [1.82, 2.24) is 0 Å². The summed E-state index contributed by atoms with van der Waals surface area (Å²) in [6.45, 7) is 11.3. The van der Waals surface area contributed by atoms with Gasteiger partial charge in [-0.25, -0.2) is 0 Å². The molecule has 0 aliphatic carbocycles. The quantitative estimate of drug-likeness (QED) is 0.276. The fourth-order valence-corrected chi connectivity index (χ4v) is 11.3. The smallest absolute Gasteiger partial charge is 0.261 e. The van der Waals surface area contributed by atoms with Gasteiger partial charge >= 0.3 is 0 Å². The number of aliphatic hydroxyl groups excluding tert-OH is 1. The van der Waals surface area contributed by atoms with Gasteiger partial charge in [0.05, 0.1) is 73.4 Å². The summed E-state index contributed by atoms with van der Waals surface area (Å²) in [6.07, 6.45) is 5.57. The third-order valence-corrected chi connectivity index (χ3v) is 14.0. The minimum Gasteiger partial charge on any atom is -0.392 e. The van der Waals surface area contributed by atoms with Crippen LogP contribution in [0.3, 0.4) is 0 Å². The van der Waals surface area contributed by atoms with Gasteiger partial charge in [0.1, 0.15) is 36.3 Å². The summed E-state index contributed by atoms with van der Waals surface area (Å²) in [6, 6.07) is 0. The van der Waals surface area contributed by atoms with Gasteiger partial charge in [-0.3, -0.25) is 9.35 Å². The Kier molecular flexibility index (Phi) is 12.5. The predicted octanol–water partition coefficient (Wildman–Crippen LogP) is 2.94. The first-order chi connectivity index (χ1) is 27.1. The molecule has 0 saturated carbocycles. The Morgan fingerprint density at radius 3 is 2.26 bits per heavy atom. The number of Topliss-reactive ketones (excluding diaryl/α,β-unsaturated/α-hetero) is 1. The number of ether oxygens (including phenoxy) is 9. The lowest BCUT2D eigenvalue weighted by atomic mass is 9.81. The van der Waals surface area contributed by atoms with E-state index in [1.807, 2.05) is 0 Å². The SMILES string of the molecule is C=C1C[C@@H]2CC[C@@]34C[C@H]5O[C@H]6[C@@H](O3)[C@H]3OC(CC[C@@H]3O[C@H]6[C@H]5O4)CC(=O)C[C@@H]3[C@@H](OC)[C@@H](C[C@H](O)CN)O[C@H]3C[C@H]3O[C@@H](CC[C@@H]1O2)C[C@@H](C)C3=C.CS(=O)(=O)O. The Labute approximate surface area is 336 Å². The van der Waals surface area contributed by atoms with Gasteiger partial charge in [-0.15, -0.1) is 0 Å². The Balaban J connectivity index is 0.000000859. The molecule has 57 heavy (non-hydrogen) atoms. The van der Waals surface area contributed by atoms with Crippen LogP contribution in [0.1, 0.15) is 90.4 Å². The van der Waals surface area contributed by atoms with Crippen LogP contribution in [0.5, 0.6) is 0 Å². The van der Waals surface area contributed by atoms with Crippen LogP contribution in [0.25, 0.3) is 0 Å². The van der Waals surface area contributed by atoms with Crippen LogP contribution in [0.4, 0.5) is 0 Å². The number of ketones is 1. The molecule has 10 fully saturated rings. The molecule has 0 aromatic carbocycles. The Morgan fingerprint density at radius 1 is 0.825 bits per heavy atom. The first-order valence-electron chi connectivity index (χ1n) is 21.1. The van der Waals surface area contributed by atoms with Crippen molar-refractivity contribution in [3.63, 3.8) is 0 Å². The molecule has 10 heterocycles. The maximum atomic E-state index is 14.1. The molecule has 10 saturated heterocycles. The number of carbonyl (C=O) groups excluding carboxylic acids is 1. The summed E-state index contributed by atoms with van der Waals surface area (Å²) < 4.78 is 85.9. The molecule has 1 spiro atoms. The lowest BCUT2D eigenvalue weighted by Crippen LogP contribution is -2.61. The second-order valence-corrected chi connectivity index (χ2v) is 19.6. The molecule has 0 amide bonds. The molecule has 322 valence electrons. The molecule has 0 radical (unpaired) electrons. The van der Waals surface area contributed by atoms with E-state index in [1.165, 1.54) is 0 Å². The first kappa shape index (κ1) is 42.3. The zero-order valence-corrected chi connectivity index (χ0v) is 34.3. The second-order valence-electron chi connectivity index (χ2n) is 18.2. The number of methoxy groups -OCH3 is 1. The van der Waals surface area contributed by atoms with E-state index < -0.39 is 28.1 Å². The van der Waals surface area contributed by atoms with Crippen LogP contribution in [0, 0.1) is 11.8 Å². The van der Waals surface area contributed by atoms with Crippen LogP contribution >= 0.6 is 0 Å². The number of aliphatic hydroxyl groups is 1. The van der Waals surface area contributed by atoms with Crippen molar-refractivity contribution in [3.8, 4) is 0 Å². The van der Waals surface area contributed by atoms with Crippen molar-refractivity contribution in [2.24, 2.45) is 17.6 Å². The first-order valence-corrected chi connectivity index (χ1v) is 22.9. The number of fused-ring (bicyclic) bond motifs is 6. The molecular formula is C41H63NO14S. The van der Waals surface area contributed by atoms with Crippen LogP contribution in [0.2, 0.25) is 0 Å². The number of carbonyl (C=O) groups is 1. The van der Waals surface area contributed by atoms with Gasteiger partial charge in [-0.05, 0) is 62.0 Å². The predicted molar refractivity (Wildman–Crippen MR) is 204 cm³/mol. The third-order valence-electron chi connectivity index (χ3n) is 14.0. The Hall–Kier alpha value is -1.38. The molecule has 10 aliphatic heterocycles. The normalized spacial score (nSPS) is 48.8. The molecule has 19 atom stereocenters. The van der Waals surface area contributed by atoms with Crippen LogP contribution < -0.4 is 5.73 Å². The molecular weight excluding hydrogens is 763 g/mol. The van der Waals surface area contributed by atoms with Gasteiger partial charge in [0, 0.05) is 58.1 Å². The number of hydrogen-bond donors (Lipinski definition) is 3. The van der Waals surface area contributed by atoms with E-state index in [0.29, 0.717) is 31.9 Å². The maximum Gasteiger partial charge on any atom is 0.261 e. The lowest BCUT2D eigenvalue weighted by molar-refractivity contribution is -0.292. The molecule has 10 aliphatic rings. The standard InChI is InChI=1S/C40H59NO11.CH4O3S/c1-19-11-24-5-7-28-20(2)12-26(45-28)9-10-40-17-33-36(51-40)37-38(50-33)39(52-40)35-29(49-37)8-6-25(47-35)13-22(42)14-27-31(16-30(46-24)21(19)3)48-32(34(27)44-4)15-23(43)18-41;1-5(2,3)4/h19,23-39,43H,2-3,5-18,41H2,1,4H3;1H3,(H,2,3,4)/t19-,23+,24+,25?,26+,27+,28+,29+,30-,31+,32-,33-,34-,35+,36+,37+,38-,39+,40+;/m1./s1. The highest BCUT2D eigenvalue weighted by Crippen LogP contribution is 2.54. The van der Waals surface area contributed by atoms with Crippen molar-refractivity contribution in [3.05, 3.63) is 24.3 Å². The fourth-order valence-electron chi connectivity index (χ4n) is 11.3.